The lowest BCUT2D eigenvalue weighted by Crippen LogP contribution is -2.06. The van der Waals surface area contributed by atoms with Crippen molar-refractivity contribution >= 4 is 40.0 Å². The van der Waals surface area contributed by atoms with Crippen LogP contribution in [-0.4, -0.2) is 16.6 Å². The largest absolute Gasteiger partial charge is 0.486 e. The highest BCUT2D eigenvalue weighted by atomic mass is 35.5. The number of anilines is 1. The van der Waals surface area contributed by atoms with E-state index in [1.165, 1.54) is 12.1 Å². The molecule has 0 amide bonds. The molecule has 28 heavy (non-hydrogen) atoms. The molecule has 0 fully saturated rings. The number of nitrogens with zero attached hydrogens (tertiary/aromatic N) is 2. The monoisotopic (exact) mass is 417 g/mol. The van der Waals surface area contributed by atoms with Gasteiger partial charge in [-0.05, 0) is 23.8 Å². The van der Waals surface area contributed by atoms with Crippen LogP contribution >= 0.6 is 23.2 Å². The number of ether oxygens (including phenoxy) is 1. The van der Waals surface area contributed by atoms with Crippen LogP contribution in [0, 0.1) is 5.82 Å². The average Bonchev–Trinajstić information content (AvgIpc) is 3.14. The van der Waals surface area contributed by atoms with Crippen molar-refractivity contribution < 1.29 is 13.5 Å². The molecule has 0 radical (unpaired) electrons. The molecule has 0 unspecified atom stereocenters. The molecule has 3 heterocycles. The summed E-state index contributed by atoms with van der Waals surface area (Å²) in [6.45, 7) is 0.164. The van der Waals surface area contributed by atoms with E-state index in [4.69, 9.17) is 38.1 Å². The molecular weight excluding hydrogens is 404 g/mol. The third kappa shape index (κ3) is 3.37. The van der Waals surface area contributed by atoms with Crippen molar-refractivity contribution in [3.63, 3.8) is 0 Å². The zero-order valence-corrected chi connectivity index (χ0v) is 16.0. The Labute approximate surface area is 169 Å². The maximum absolute atomic E-state index is 13.7. The van der Waals surface area contributed by atoms with Gasteiger partial charge in [0.15, 0.2) is 11.4 Å². The summed E-state index contributed by atoms with van der Waals surface area (Å²) in [5, 5.41) is 1.10. The Bertz CT molecular complexity index is 1150. The number of benzene rings is 1. The van der Waals surface area contributed by atoms with Crippen LogP contribution < -0.4 is 10.5 Å². The third-order valence-electron chi connectivity index (χ3n) is 4.31. The first-order valence-electron chi connectivity index (χ1n) is 8.37. The van der Waals surface area contributed by atoms with Crippen molar-refractivity contribution in [1.29, 1.82) is 0 Å². The van der Waals surface area contributed by atoms with E-state index in [9.17, 15) is 4.39 Å². The smallest absolute Gasteiger partial charge is 0.205 e. The van der Waals surface area contributed by atoms with Gasteiger partial charge in [0.1, 0.15) is 5.82 Å². The second-order valence-corrected chi connectivity index (χ2v) is 6.81. The van der Waals surface area contributed by atoms with Crippen LogP contribution in [0.2, 0.25) is 10.0 Å². The first-order valence-corrected chi connectivity index (χ1v) is 9.13. The Hall–Kier alpha value is -2.83. The van der Waals surface area contributed by atoms with Crippen LogP contribution in [0.5, 0.6) is 5.75 Å². The second-order valence-electron chi connectivity index (χ2n) is 6.03. The number of fused-ring (bicyclic) bond motifs is 1. The first-order chi connectivity index (χ1) is 13.6. The number of aromatic nitrogens is 2. The summed E-state index contributed by atoms with van der Waals surface area (Å²) >= 11 is 12.1. The van der Waals surface area contributed by atoms with Crippen molar-refractivity contribution in [1.82, 2.24) is 9.97 Å². The van der Waals surface area contributed by atoms with Gasteiger partial charge < -0.3 is 14.9 Å². The number of rotatable bonds is 5. The molecule has 0 aliphatic heterocycles. The molecule has 8 heteroatoms. The van der Waals surface area contributed by atoms with Crippen LogP contribution in [0.25, 0.3) is 22.1 Å². The highest BCUT2D eigenvalue weighted by Crippen LogP contribution is 2.37. The van der Waals surface area contributed by atoms with E-state index in [1.54, 1.807) is 24.9 Å². The lowest BCUT2D eigenvalue weighted by Gasteiger charge is -2.11. The van der Waals surface area contributed by atoms with Gasteiger partial charge in [-0.15, -0.1) is 0 Å². The fourth-order valence-electron chi connectivity index (χ4n) is 2.92. The number of hydrogen-bond acceptors (Lipinski definition) is 5. The van der Waals surface area contributed by atoms with Gasteiger partial charge in [-0.3, -0.25) is 4.98 Å². The summed E-state index contributed by atoms with van der Waals surface area (Å²) in [6, 6.07) is 6.44. The molecule has 2 N–H and O–H groups in total. The fourth-order valence-corrected chi connectivity index (χ4v) is 3.48. The molecule has 0 aliphatic carbocycles. The molecule has 0 saturated heterocycles. The zero-order valence-electron chi connectivity index (χ0n) is 14.5. The van der Waals surface area contributed by atoms with E-state index in [0.29, 0.717) is 28.3 Å². The molecule has 0 spiro atoms. The first kappa shape index (κ1) is 18.5. The maximum Gasteiger partial charge on any atom is 0.205 e. The molecule has 3 aromatic heterocycles. The Morgan fingerprint density at radius 1 is 1.18 bits per heavy atom. The Kier molecular flexibility index (Phi) is 5.07. The molecule has 1 aromatic carbocycles. The van der Waals surface area contributed by atoms with E-state index >= 15 is 0 Å². The summed E-state index contributed by atoms with van der Waals surface area (Å²) in [5.74, 6) is -0.0243. The van der Waals surface area contributed by atoms with Crippen LogP contribution in [-0.2, 0) is 6.42 Å². The van der Waals surface area contributed by atoms with Gasteiger partial charge >= 0.3 is 0 Å². The average molecular weight is 418 g/mol. The number of pyridine rings is 2. The number of halogens is 3. The highest BCUT2D eigenvalue weighted by molar-refractivity contribution is 6.36. The van der Waals surface area contributed by atoms with E-state index < -0.39 is 5.82 Å². The topological polar surface area (TPSA) is 74.2 Å². The standard InChI is InChI=1S/C20H14Cl2FN3O2/c21-15-3-4-16(23)17(22)12(15)5-7-27-19-18-13(9-26-20(19)24)14(10-28-18)11-2-1-6-25-8-11/h1-4,6,8-10H,5,7H2,(H2,24,26). The number of hydrogen-bond donors (Lipinski definition) is 1. The SMILES string of the molecule is Nc1ncc2c(-c3cccnc3)coc2c1OCCc1c(Cl)ccc(F)c1Cl. The lowest BCUT2D eigenvalue weighted by atomic mass is 10.1. The van der Waals surface area contributed by atoms with Crippen molar-refractivity contribution in [2.75, 3.05) is 12.3 Å². The molecule has 0 saturated carbocycles. The van der Waals surface area contributed by atoms with Gasteiger partial charge in [0.2, 0.25) is 5.75 Å². The summed E-state index contributed by atoms with van der Waals surface area (Å²) < 4.78 is 25.2. The van der Waals surface area contributed by atoms with E-state index in [-0.39, 0.29) is 17.4 Å². The Morgan fingerprint density at radius 2 is 2.04 bits per heavy atom. The van der Waals surface area contributed by atoms with Crippen molar-refractivity contribution in [3.05, 3.63) is 70.5 Å². The summed E-state index contributed by atoms with van der Waals surface area (Å²) in [6.07, 6.45) is 6.95. The van der Waals surface area contributed by atoms with Gasteiger partial charge in [-0.1, -0.05) is 29.3 Å². The maximum atomic E-state index is 13.7. The minimum absolute atomic E-state index is 0.0164. The minimum Gasteiger partial charge on any atom is -0.486 e. The normalized spacial score (nSPS) is 11.1. The summed E-state index contributed by atoms with van der Waals surface area (Å²) in [4.78, 5) is 8.32. The number of nitrogen functional groups attached to an aromatic ring is 1. The molecule has 4 aromatic rings. The van der Waals surface area contributed by atoms with Gasteiger partial charge in [0.25, 0.3) is 0 Å². The van der Waals surface area contributed by atoms with Crippen LogP contribution in [0.1, 0.15) is 5.56 Å². The quantitative estimate of drug-likeness (QED) is 0.431. The van der Waals surface area contributed by atoms with Crippen LogP contribution in [0.4, 0.5) is 10.2 Å². The Balaban J connectivity index is 1.62. The molecular formula is C20H14Cl2FN3O2. The van der Waals surface area contributed by atoms with Crippen LogP contribution in [0.15, 0.2) is 53.5 Å². The molecule has 4 rings (SSSR count). The zero-order chi connectivity index (χ0) is 19.7. The molecule has 142 valence electrons. The van der Waals surface area contributed by atoms with E-state index in [0.717, 1.165) is 16.5 Å². The van der Waals surface area contributed by atoms with Gasteiger partial charge in [0.05, 0.1) is 23.3 Å². The predicted octanol–water partition coefficient (Wildman–Crippen LogP) is 5.54. The van der Waals surface area contributed by atoms with Gasteiger partial charge in [-0.25, -0.2) is 9.37 Å². The number of furan rings is 1. The minimum atomic E-state index is -0.531. The van der Waals surface area contributed by atoms with Crippen molar-refractivity contribution in [2.24, 2.45) is 0 Å². The number of nitrogens with two attached hydrogens (primary N) is 1. The van der Waals surface area contributed by atoms with E-state index in [1.807, 2.05) is 12.1 Å². The third-order valence-corrected chi connectivity index (χ3v) is 5.07. The summed E-state index contributed by atoms with van der Waals surface area (Å²) in [5.41, 5.74) is 8.64. The van der Waals surface area contributed by atoms with Gasteiger partial charge in [0, 0.05) is 41.2 Å². The molecule has 5 nitrogen and oxygen atoms in total. The molecule has 0 bridgehead atoms. The van der Waals surface area contributed by atoms with E-state index in [2.05, 4.69) is 9.97 Å². The Morgan fingerprint density at radius 3 is 2.82 bits per heavy atom. The second kappa shape index (κ2) is 7.66. The molecule has 0 aliphatic rings. The van der Waals surface area contributed by atoms with Crippen molar-refractivity contribution in [2.45, 2.75) is 6.42 Å². The van der Waals surface area contributed by atoms with Gasteiger partial charge in [-0.2, -0.15) is 0 Å². The van der Waals surface area contributed by atoms with Crippen LogP contribution in [0.3, 0.4) is 0 Å². The fraction of sp³-hybridized carbons (Fsp3) is 0.100. The summed E-state index contributed by atoms with van der Waals surface area (Å²) in [7, 11) is 0. The van der Waals surface area contributed by atoms with Crippen molar-refractivity contribution in [3.8, 4) is 16.9 Å². The lowest BCUT2D eigenvalue weighted by molar-refractivity contribution is 0.321. The molecule has 0 atom stereocenters. The highest BCUT2D eigenvalue weighted by Gasteiger charge is 2.17. The predicted molar refractivity (Wildman–Crippen MR) is 107 cm³/mol.